The highest BCUT2D eigenvalue weighted by molar-refractivity contribution is 5.00. The molecule has 5 nitrogen and oxygen atoms in total. The van der Waals surface area contributed by atoms with Crippen LogP contribution in [0.5, 0.6) is 0 Å². The van der Waals surface area contributed by atoms with Crippen LogP contribution in [0.15, 0.2) is 0 Å². The molecule has 0 bridgehead atoms. The minimum absolute atomic E-state index is 0.0224. The monoisotopic (exact) mass is 243 g/mol. The first-order chi connectivity index (χ1) is 8.09. The number of nitrogens with one attached hydrogen (secondary N) is 1. The highest BCUT2D eigenvalue weighted by Gasteiger charge is 2.52. The summed E-state index contributed by atoms with van der Waals surface area (Å²) >= 11 is 0. The van der Waals surface area contributed by atoms with Crippen LogP contribution in [0.1, 0.15) is 26.7 Å². The van der Waals surface area contributed by atoms with Crippen LogP contribution >= 0.6 is 0 Å². The van der Waals surface area contributed by atoms with Crippen molar-refractivity contribution >= 4 is 0 Å². The summed E-state index contributed by atoms with van der Waals surface area (Å²) in [6.07, 6.45) is 2.04. The number of ether oxygens (including phenoxy) is 4. The normalized spacial score (nSPS) is 48.5. The highest BCUT2D eigenvalue weighted by atomic mass is 16.8. The standard InChI is InChI=1S/C12H21NO4/c1-12(2)16-8-6-13-7-4-5-9(14-3)15-10(7)11(8)17-12/h7-11,13H,4-6H2,1-3H3/t7-,8+,9+,10+,11-/m1/s1. The van der Waals surface area contributed by atoms with Crippen molar-refractivity contribution in [2.24, 2.45) is 0 Å². The molecular weight excluding hydrogens is 222 g/mol. The predicted octanol–water partition coefficient (Wildman–Crippen LogP) is 0.630. The third-order valence-corrected chi connectivity index (χ3v) is 3.81. The average molecular weight is 243 g/mol. The molecule has 3 heterocycles. The molecule has 3 aliphatic heterocycles. The van der Waals surface area contributed by atoms with E-state index in [0.29, 0.717) is 6.04 Å². The van der Waals surface area contributed by atoms with E-state index in [4.69, 9.17) is 18.9 Å². The zero-order valence-electron chi connectivity index (χ0n) is 10.6. The summed E-state index contributed by atoms with van der Waals surface area (Å²) in [5.41, 5.74) is 0. The van der Waals surface area contributed by atoms with Crippen molar-refractivity contribution in [2.45, 2.75) is 63.1 Å². The number of piperidine rings is 1. The zero-order chi connectivity index (χ0) is 12.0. The van der Waals surface area contributed by atoms with Crippen molar-refractivity contribution in [3.05, 3.63) is 0 Å². The average Bonchev–Trinajstić information content (AvgIpc) is 2.63. The number of hydrogen-bond acceptors (Lipinski definition) is 5. The van der Waals surface area contributed by atoms with Gasteiger partial charge in [0.2, 0.25) is 0 Å². The lowest BCUT2D eigenvalue weighted by molar-refractivity contribution is -0.229. The molecule has 0 aromatic heterocycles. The second-order valence-electron chi connectivity index (χ2n) is 5.50. The van der Waals surface area contributed by atoms with Crippen molar-refractivity contribution < 1.29 is 18.9 Å². The molecule has 0 aromatic rings. The first-order valence-corrected chi connectivity index (χ1v) is 6.36. The predicted molar refractivity (Wildman–Crippen MR) is 60.5 cm³/mol. The molecule has 0 amide bonds. The van der Waals surface area contributed by atoms with Crippen LogP contribution in [0, 0.1) is 0 Å². The summed E-state index contributed by atoms with van der Waals surface area (Å²) in [6.45, 7) is 4.75. The molecular formula is C12H21NO4. The Labute approximate surface area is 102 Å². The van der Waals surface area contributed by atoms with Crippen LogP contribution in [0.25, 0.3) is 0 Å². The van der Waals surface area contributed by atoms with Crippen LogP contribution in [0.2, 0.25) is 0 Å². The van der Waals surface area contributed by atoms with Gasteiger partial charge in [0.1, 0.15) is 18.3 Å². The summed E-state index contributed by atoms with van der Waals surface area (Å²) in [6, 6.07) is 0.361. The van der Waals surface area contributed by atoms with Gasteiger partial charge in [0.25, 0.3) is 0 Å². The summed E-state index contributed by atoms with van der Waals surface area (Å²) in [5, 5.41) is 3.49. The summed E-state index contributed by atoms with van der Waals surface area (Å²) in [4.78, 5) is 0. The maximum atomic E-state index is 5.97. The van der Waals surface area contributed by atoms with E-state index in [1.165, 1.54) is 0 Å². The van der Waals surface area contributed by atoms with Crippen molar-refractivity contribution in [1.82, 2.24) is 5.32 Å². The first-order valence-electron chi connectivity index (χ1n) is 6.36. The molecule has 0 spiro atoms. The van der Waals surface area contributed by atoms with Crippen molar-refractivity contribution in [2.75, 3.05) is 13.7 Å². The number of rotatable bonds is 1. The SMILES string of the molecule is CO[C@@H]1CC[C@H]2NC[C@@H]3OC(C)(C)O[C@H]3[C@H]2O1. The van der Waals surface area contributed by atoms with E-state index >= 15 is 0 Å². The Balaban J connectivity index is 1.75. The molecule has 0 saturated carbocycles. The van der Waals surface area contributed by atoms with Crippen LogP contribution in [-0.4, -0.2) is 50.1 Å². The van der Waals surface area contributed by atoms with Crippen LogP contribution in [0.4, 0.5) is 0 Å². The lowest BCUT2D eigenvalue weighted by atomic mass is 9.91. The smallest absolute Gasteiger partial charge is 0.163 e. The minimum Gasteiger partial charge on any atom is -0.356 e. The molecule has 0 aromatic carbocycles. The Morgan fingerprint density at radius 2 is 2.00 bits per heavy atom. The van der Waals surface area contributed by atoms with Crippen molar-refractivity contribution in [3.8, 4) is 0 Å². The fraction of sp³-hybridized carbons (Fsp3) is 1.00. The first kappa shape index (κ1) is 11.9. The fourth-order valence-electron chi connectivity index (χ4n) is 3.08. The van der Waals surface area contributed by atoms with Gasteiger partial charge in [0.05, 0.1) is 0 Å². The second-order valence-corrected chi connectivity index (χ2v) is 5.50. The molecule has 0 unspecified atom stereocenters. The Morgan fingerprint density at radius 1 is 1.18 bits per heavy atom. The van der Waals surface area contributed by atoms with Gasteiger partial charge in [-0.15, -0.1) is 0 Å². The molecule has 3 saturated heterocycles. The number of hydrogen-bond donors (Lipinski definition) is 1. The topological polar surface area (TPSA) is 49.0 Å². The van der Waals surface area contributed by atoms with E-state index in [-0.39, 0.29) is 24.6 Å². The highest BCUT2D eigenvalue weighted by Crippen LogP contribution is 2.37. The van der Waals surface area contributed by atoms with Crippen LogP contribution < -0.4 is 5.32 Å². The van der Waals surface area contributed by atoms with Gasteiger partial charge in [-0.1, -0.05) is 0 Å². The van der Waals surface area contributed by atoms with Gasteiger partial charge in [-0.25, -0.2) is 0 Å². The van der Waals surface area contributed by atoms with Gasteiger partial charge in [-0.05, 0) is 26.7 Å². The van der Waals surface area contributed by atoms with Crippen LogP contribution in [0.3, 0.4) is 0 Å². The van der Waals surface area contributed by atoms with E-state index < -0.39 is 5.79 Å². The molecule has 17 heavy (non-hydrogen) atoms. The van der Waals surface area contributed by atoms with Gasteiger partial charge in [0, 0.05) is 19.7 Å². The quantitative estimate of drug-likeness (QED) is 0.732. The molecule has 5 atom stereocenters. The van der Waals surface area contributed by atoms with E-state index in [0.717, 1.165) is 19.4 Å². The van der Waals surface area contributed by atoms with E-state index in [9.17, 15) is 0 Å². The third-order valence-electron chi connectivity index (χ3n) is 3.81. The molecule has 98 valence electrons. The largest absolute Gasteiger partial charge is 0.356 e. The Kier molecular flexibility index (Phi) is 2.91. The van der Waals surface area contributed by atoms with Gasteiger partial charge in [-0.2, -0.15) is 0 Å². The van der Waals surface area contributed by atoms with E-state index in [1.54, 1.807) is 7.11 Å². The molecule has 5 heteroatoms. The van der Waals surface area contributed by atoms with E-state index in [2.05, 4.69) is 5.32 Å². The molecule has 3 rings (SSSR count). The zero-order valence-corrected chi connectivity index (χ0v) is 10.6. The van der Waals surface area contributed by atoms with Crippen molar-refractivity contribution in [1.29, 1.82) is 0 Å². The fourth-order valence-corrected chi connectivity index (χ4v) is 3.08. The Bertz CT molecular complexity index is 296. The van der Waals surface area contributed by atoms with Gasteiger partial charge in [-0.3, -0.25) is 0 Å². The minimum atomic E-state index is -0.505. The third kappa shape index (κ3) is 2.11. The number of methoxy groups -OCH3 is 1. The van der Waals surface area contributed by atoms with E-state index in [1.807, 2.05) is 13.8 Å². The van der Waals surface area contributed by atoms with Gasteiger partial charge >= 0.3 is 0 Å². The molecule has 3 aliphatic rings. The Hall–Kier alpha value is -0.200. The maximum absolute atomic E-state index is 5.97. The maximum Gasteiger partial charge on any atom is 0.163 e. The summed E-state index contributed by atoms with van der Waals surface area (Å²) in [5.74, 6) is -0.505. The molecule has 0 radical (unpaired) electrons. The number of fused-ring (bicyclic) bond motifs is 3. The Morgan fingerprint density at radius 3 is 2.76 bits per heavy atom. The second kappa shape index (κ2) is 4.17. The molecule has 3 fully saturated rings. The lowest BCUT2D eigenvalue weighted by Crippen LogP contribution is -2.62. The van der Waals surface area contributed by atoms with Gasteiger partial charge < -0.3 is 24.3 Å². The van der Waals surface area contributed by atoms with Crippen molar-refractivity contribution in [3.63, 3.8) is 0 Å². The summed E-state index contributed by atoms with van der Waals surface area (Å²) in [7, 11) is 1.69. The summed E-state index contributed by atoms with van der Waals surface area (Å²) < 4.78 is 23.1. The van der Waals surface area contributed by atoms with Crippen LogP contribution in [-0.2, 0) is 18.9 Å². The van der Waals surface area contributed by atoms with Gasteiger partial charge in [0.15, 0.2) is 12.1 Å². The molecule has 0 aliphatic carbocycles. The lowest BCUT2D eigenvalue weighted by Gasteiger charge is -2.43. The molecule has 1 N–H and O–H groups in total.